The Bertz CT molecular complexity index is 774. The van der Waals surface area contributed by atoms with Gasteiger partial charge in [-0.05, 0) is 39.7 Å². The normalized spacial score (nSPS) is 16.2. The molecule has 3 rings (SSSR count). The monoisotopic (exact) mass is 454 g/mol. The van der Waals surface area contributed by atoms with Crippen molar-refractivity contribution in [3.8, 4) is 0 Å². The highest BCUT2D eigenvalue weighted by atomic mass is 79.9. The highest BCUT2D eigenvalue weighted by Crippen LogP contribution is 2.20. The molecule has 1 aliphatic rings. The van der Waals surface area contributed by atoms with Gasteiger partial charge in [-0.2, -0.15) is 5.10 Å². The molecule has 0 aliphatic carbocycles. The molecular formula is C18H20BrClN4OS. The molecule has 1 aromatic carbocycles. The van der Waals surface area contributed by atoms with E-state index in [1.54, 1.807) is 17.6 Å². The van der Waals surface area contributed by atoms with Gasteiger partial charge in [0.05, 0.1) is 16.5 Å². The maximum Gasteiger partial charge on any atom is 0.254 e. The van der Waals surface area contributed by atoms with Crippen LogP contribution < -0.4 is 5.43 Å². The number of nitrogens with zero attached hydrogens (tertiary/aromatic N) is 3. The topological polar surface area (TPSA) is 47.9 Å². The molecule has 138 valence electrons. The molecule has 26 heavy (non-hydrogen) atoms. The Kier molecular flexibility index (Phi) is 7.22. The number of nitrogens with one attached hydrogen (secondary N) is 1. The number of halogens is 2. The van der Waals surface area contributed by atoms with Crippen molar-refractivity contribution in [2.24, 2.45) is 5.10 Å². The molecule has 1 aliphatic heterocycles. The van der Waals surface area contributed by atoms with Crippen LogP contribution in [0, 0.1) is 0 Å². The van der Waals surface area contributed by atoms with Gasteiger partial charge in [-0.1, -0.05) is 29.8 Å². The standard InChI is InChI=1S/C18H20BrClN4OS/c19-17-6-5-15(26-17)11-21-22-18(25)13-24-9-7-23(8-10-24)12-14-3-1-2-4-16(14)20/h1-6,11H,7-10,12-13H2,(H,22,25)/b21-11+. The Labute approximate surface area is 170 Å². The Morgan fingerprint density at radius 2 is 1.92 bits per heavy atom. The van der Waals surface area contributed by atoms with Gasteiger partial charge in [0.1, 0.15) is 0 Å². The Morgan fingerprint density at radius 1 is 1.19 bits per heavy atom. The fourth-order valence-corrected chi connectivity index (χ4v) is 4.27. The first-order chi connectivity index (χ1) is 12.6. The van der Waals surface area contributed by atoms with Crippen molar-refractivity contribution < 1.29 is 4.79 Å². The average Bonchev–Trinajstić information content (AvgIpc) is 3.04. The molecule has 0 bridgehead atoms. The second-order valence-corrected chi connectivity index (χ2v) is 8.98. The molecule has 0 atom stereocenters. The van der Waals surface area contributed by atoms with Crippen LogP contribution in [0.4, 0.5) is 0 Å². The molecule has 5 nitrogen and oxygen atoms in total. The molecule has 0 radical (unpaired) electrons. The number of benzene rings is 1. The molecule has 2 heterocycles. The van der Waals surface area contributed by atoms with E-state index in [9.17, 15) is 4.79 Å². The van der Waals surface area contributed by atoms with Crippen LogP contribution in [-0.2, 0) is 11.3 Å². The zero-order chi connectivity index (χ0) is 18.4. The van der Waals surface area contributed by atoms with Crippen molar-refractivity contribution in [3.63, 3.8) is 0 Å². The maximum atomic E-state index is 12.0. The van der Waals surface area contributed by atoms with Gasteiger partial charge in [0.25, 0.3) is 5.91 Å². The summed E-state index contributed by atoms with van der Waals surface area (Å²) in [6.45, 7) is 4.78. The first kappa shape index (κ1) is 19.5. The third-order valence-electron chi connectivity index (χ3n) is 4.16. The summed E-state index contributed by atoms with van der Waals surface area (Å²) in [4.78, 5) is 17.5. The lowest BCUT2D eigenvalue weighted by Gasteiger charge is -2.34. The van der Waals surface area contributed by atoms with E-state index in [1.165, 1.54) is 0 Å². The third kappa shape index (κ3) is 5.89. The van der Waals surface area contributed by atoms with Crippen LogP contribution in [0.1, 0.15) is 10.4 Å². The van der Waals surface area contributed by atoms with Crippen LogP contribution in [0.5, 0.6) is 0 Å². The quantitative estimate of drug-likeness (QED) is 0.536. The van der Waals surface area contributed by atoms with Crippen molar-refractivity contribution in [2.45, 2.75) is 6.54 Å². The summed E-state index contributed by atoms with van der Waals surface area (Å²) in [5.41, 5.74) is 3.74. The van der Waals surface area contributed by atoms with Crippen LogP contribution >= 0.6 is 38.9 Å². The van der Waals surface area contributed by atoms with Gasteiger partial charge in [0.15, 0.2) is 0 Å². The van der Waals surface area contributed by atoms with Gasteiger partial charge in [0, 0.05) is 42.6 Å². The molecule has 0 saturated carbocycles. The van der Waals surface area contributed by atoms with Crippen molar-refractivity contribution in [1.29, 1.82) is 0 Å². The van der Waals surface area contributed by atoms with Crippen molar-refractivity contribution in [2.75, 3.05) is 32.7 Å². The third-order valence-corrected chi connectivity index (χ3v) is 6.09. The second kappa shape index (κ2) is 9.62. The lowest BCUT2D eigenvalue weighted by atomic mass is 10.2. The van der Waals surface area contributed by atoms with E-state index in [0.717, 1.165) is 52.0 Å². The van der Waals surface area contributed by atoms with E-state index in [4.69, 9.17) is 11.6 Å². The highest BCUT2D eigenvalue weighted by molar-refractivity contribution is 9.11. The molecule has 1 N–H and O–H groups in total. The van der Waals surface area contributed by atoms with Crippen LogP contribution in [0.3, 0.4) is 0 Å². The zero-order valence-electron chi connectivity index (χ0n) is 14.2. The van der Waals surface area contributed by atoms with Crippen LogP contribution in [0.25, 0.3) is 0 Å². The summed E-state index contributed by atoms with van der Waals surface area (Å²) in [6.07, 6.45) is 1.66. The molecule has 1 fully saturated rings. The Morgan fingerprint density at radius 3 is 2.62 bits per heavy atom. The number of rotatable bonds is 6. The molecule has 1 amide bonds. The highest BCUT2D eigenvalue weighted by Gasteiger charge is 2.19. The predicted molar refractivity (Wildman–Crippen MR) is 111 cm³/mol. The van der Waals surface area contributed by atoms with E-state index in [2.05, 4.69) is 42.3 Å². The van der Waals surface area contributed by atoms with E-state index >= 15 is 0 Å². The molecule has 2 aromatic rings. The number of piperazine rings is 1. The minimum Gasteiger partial charge on any atom is -0.296 e. The predicted octanol–water partition coefficient (Wildman–Crippen LogP) is 3.43. The summed E-state index contributed by atoms with van der Waals surface area (Å²) in [5, 5.41) is 4.82. The minimum absolute atomic E-state index is 0.0866. The van der Waals surface area contributed by atoms with Gasteiger partial charge >= 0.3 is 0 Å². The summed E-state index contributed by atoms with van der Waals surface area (Å²) in [5.74, 6) is -0.0866. The largest absolute Gasteiger partial charge is 0.296 e. The summed E-state index contributed by atoms with van der Waals surface area (Å²) in [7, 11) is 0. The first-order valence-corrected chi connectivity index (χ1v) is 10.3. The minimum atomic E-state index is -0.0866. The molecular weight excluding hydrogens is 436 g/mol. The van der Waals surface area contributed by atoms with Gasteiger partial charge in [-0.25, -0.2) is 5.43 Å². The molecule has 0 unspecified atom stereocenters. The number of hydrazone groups is 1. The van der Waals surface area contributed by atoms with Gasteiger partial charge < -0.3 is 0 Å². The second-order valence-electron chi connectivity index (χ2n) is 6.08. The number of thiophene rings is 1. The van der Waals surface area contributed by atoms with Gasteiger partial charge in [-0.3, -0.25) is 14.6 Å². The summed E-state index contributed by atoms with van der Waals surface area (Å²) in [6, 6.07) is 11.8. The summed E-state index contributed by atoms with van der Waals surface area (Å²) < 4.78 is 1.04. The van der Waals surface area contributed by atoms with Crippen LogP contribution in [-0.4, -0.2) is 54.6 Å². The Hall–Kier alpha value is -1.25. The van der Waals surface area contributed by atoms with E-state index in [-0.39, 0.29) is 5.91 Å². The number of carbonyl (C=O) groups is 1. The Balaban J connectivity index is 1.39. The fourth-order valence-electron chi connectivity index (χ4n) is 2.78. The van der Waals surface area contributed by atoms with Gasteiger partial charge in [-0.15, -0.1) is 11.3 Å². The number of hydrogen-bond acceptors (Lipinski definition) is 5. The van der Waals surface area contributed by atoms with Crippen LogP contribution in [0.15, 0.2) is 45.3 Å². The molecule has 1 saturated heterocycles. The lowest BCUT2D eigenvalue weighted by Crippen LogP contribution is -2.48. The maximum absolute atomic E-state index is 12.0. The van der Waals surface area contributed by atoms with Crippen molar-refractivity contribution >= 4 is 51.0 Å². The number of hydrogen-bond donors (Lipinski definition) is 1. The molecule has 0 spiro atoms. The summed E-state index contributed by atoms with van der Waals surface area (Å²) >= 11 is 11.2. The smallest absolute Gasteiger partial charge is 0.254 e. The SMILES string of the molecule is O=C(CN1CCN(Cc2ccccc2Cl)CC1)N/N=C/c1ccc(Br)s1. The van der Waals surface area contributed by atoms with Crippen molar-refractivity contribution in [1.82, 2.24) is 15.2 Å². The van der Waals surface area contributed by atoms with Crippen LogP contribution in [0.2, 0.25) is 5.02 Å². The number of carbonyl (C=O) groups excluding carboxylic acids is 1. The van der Waals surface area contributed by atoms with E-state index < -0.39 is 0 Å². The number of amides is 1. The lowest BCUT2D eigenvalue weighted by molar-refractivity contribution is -0.122. The fraction of sp³-hybridized carbons (Fsp3) is 0.333. The molecule has 1 aromatic heterocycles. The average molecular weight is 456 g/mol. The van der Waals surface area contributed by atoms with Gasteiger partial charge in [0.2, 0.25) is 0 Å². The molecule has 8 heteroatoms. The van der Waals surface area contributed by atoms with Crippen molar-refractivity contribution in [3.05, 3.63) is 55.6 Å². The zero-order valence-corrected chi connectivity index (χ0v) is 17.4. The van der Waals surface area contributed by atoms with E-state index in [1.807, 2.05) is 30.3 Å². The van der Waals surface area contributed by atoms with E-state index in [0.29, 0.717) is 6.54 Å². The first-order valence-electron chi connectivity index (χ1n) is 8.35.